The number of carbonyl (C=O) groups is 1. The van der Waals surface area contributed by atoms with Crippen molar-refractivity contribution in [2.45, 2.75) is 44.2 Å². The highest BCUT2D eigenvalue weighted by atomic mass is 16.7. The van der Waals surface area contributed by atoms with Crippen molar-refractivity contribution in [3.63, 3.8) is 0 Å². The number of benzene rings is 1. The first-order valence-corrected chi connectivity index (χ1v) is 7.63. The fourth-order valence-electron chi connectivity index (χ4n) is 2.65. The lowest BCUT2D eigenvalue weighted by atomic mass is 9.99. The summed E-state index contributed by atoms with van der Waals surface area (Å²) in [5.74, 6) is -0.434. The van der Waals surface area contributed by atoms with Crippen LogP contribution in [0.15, 0.2) is 12.1 Å². The molecule has 0 spiro atoms. The van der Waals surface area contributed by atoms with E-state index in [0.717, 1.165) is 0 Å². The molecule has 0 saturated carbocycles. The maximum absolute atomic E-state index is 11.7. The first kappa shape index (κ1) is 19.6. The van der Waals surface area contributed by atoms with Gasteiger partial charge in [-0.15, -0.1) is 0 Å². The number of aliphatic hydroxyl groups excluding tert-OH is 5. The smallest absolute Gasteiger partial charge is 0.337 e. The molecule has 1 aliphatic rings. The van der Waals surface area contributed by atoms with E-state index < -0.39 is 49.9 Å². The quantitative estimate of drug-likeness (QED) is 0.395. The van der Waals surface area contributed by atoms with Crippen LogP contribution in [-0.2, 0) is 16.1 Å². The standard InChI is InChI=1S/C16H22O9/c1-7-3-8(15(22)23-2)4-9(5-17)14(7)25-16-13(21)12(20)11(19)10(6-18)24-16/h3-4,10-13,16-21H,5-6H2,1-2H3/t10-,11-,12+,13-,16+/m1/s1. The van der Waals surface area contributed by atoms with Crippen molar-refractivity contribution in [3.8, 4) is 5.75 Å². The minimum Gasteiger partial charge on any atom is -0.465 e. The average Bonchev–Trinajstić information content (AvgIpc) is 2.62. The fourth-order valence-corrected chi connectivity index (χ4v) is 2.65. The number of esters is 1. The third kappa shape index (κ3) is 3.92. The van der Waals surface area contributed by atoms with Gasteiger partial charge in [-0.3, -0.25) is 0 Å². The normalized spacial score (nSPS) is 29.3. The highest BCUT2D eigenvalue weighted by Crippen LogP contribution is 2.30. The summed E-state index contributed by atoms with van der Waals surface area (Å²) in [7, 11) is 1.23. The van der Waals surface area contributed by atoms with Crippen molar-refractivity contribution in [3.05, 3.63) is 28.8 Å². The van der Waals surface area contributed by atoms with Gasteiger partial charge < -0.3 is 39.7 Å². The van der Waals surface area contributed by atoms with E-state index in [1.807, 2.05) is 0 Å². The van der Waals surface area contributed by atoms with Crippen LogP contribution in [0.4, 0.5) is 0 Å². The van der Waals surface area contributed by atoms with Gasteiger partial charge >= 0.3 is 5.97 Å². The van der Waals surface area contributed by atoms with Gasteiger partial charge in [0.25, 0.3) is 0 Å². The second-order valence-electron chi connectivity index (χ2n) is 5.75. The molecule has 25 heavy (non-hydrogen) atoms. The predicted molar refractivity (Wildman–Crippen MR) is 82.8 cm³/mol. The molecule has 1 fully saturated rings. The Balaban J connectivity index is 2.31. The van der Waals surface area contributed by atoms with Gasteiger partial charge in [0.2, 0.25) is 6.29 Å². The van der Waals surface area contributed by atoms with E-state index >= 15 is 0 Å². The molecule has 1 aliphatic heterocycles. The van der Waals surface area contributed by atoms with Gasteiger partial charge in [0.1, 0.15) is 30.2 Å². The highest BCUT2D eigenvalue weighted by molar-refractivity contribution is 5.90. The van der Waals surface area contributed by atoms with E-state index in [2.05, 4.69) is 4.74 Å². The summed E-state index contributed by atoms with van der Waals surface area (Å²) < 4.78 is 15.5. The number of aliphatic hydroxyl groups is 5. The van der Waals surface area contributed by atoms with Gasteiger partial charge in [-0.1, -0.05) is 0 Å². The monoisotopic (exact) mass is 358 g/mol. The third-order valence-corrected chi connectivity index (χ3v) is 4.03. The minimum absolute atomic E-state index is 0.152. The molecule has 1 aromatic carbocycles. The number of rotatable bonds is 5. The number of ether oxygens (including phenoxy) is 3. The summed E-state index contributed by atoms with van der Waals surface area (Å²) in [4.78, 5) is 11.7. The van der Waals surface area contributed by atoms with Gasteiger partial charge in [-0.05, 0) is 24.6 Å². The summed E-state index contributed by atoms with van der Waals surface area (Å²) in [6, 6.07) is 2.85. The van der Waals surface area contributed by atoms with Crippen LogP contribution in [0.1, 0.15) is 21.5 Å². The van der Waals surface area contributed by atoms with E-state index in [1.54, 1.807) is 6.92 Å². The number of carbonyl (C=O) groups excluding carboxylic acids is 1. The highest BCUT2D eigenvalue weighted by Gasteiger charge is 2.45. The maximum Gasteiger partial charge on any atom is 0.337 e. The largest absolute Gasteiger partial charge is 0.465 e. The summed E-state index contributed by atoms with van der Waals surface area (Å²) >= 11 is 0. The van der Waals surface area contributed by atoms with Crippen LogP contribution in [0, 0.1) is 6.92 Å². The Bertz CT molecular complexity index is 616. The summed E-state index contributed by atoms with van der Waals surface area (Å²) in [5.41, 5.74) is 0.923. The Labute approximate surface area is 144 Å². The van der Waals surface area contributed by atoms with Gasteiger partial charge in [0, 0.05) is 5.56 Å². The van der Waals surface area contributed by atoms with Gasteiger partial charge in [-0.25, -0.2) is 4.79 Å². The molecule has 0 unspecified atom stereocenters. The van der Waals surface area contributed by atoms with Gasteiger partial charge in [0.05, 0.1) is 25.9 Å². The Hall–Kier alpha value is -1.75. The van der Waals surface area contributed by atoms with Crippen molar-refractivity contribution in [2.75, 3.05) is 13.7 Å². The molecular formula is C16H22O9. The van der Waals surface area contributed by atoms with Crippen molar-refractivity contribution >= 4 is 5.97 Å². The lowest BCUT2D eigenvalue weighted by Gasteiger charge is -2.40. The van der Waals surface area contributed by atoms with E-state index in [1.165, 1.54) is 19.2 Å². The Morgan fingerprint density at radius 3 is 2.40 bits per heavy atom. The Morgan fingerprint density at radius 1 is 1.16 bits per heavy atom. The van der Waals surface area contributed by atoms with Crippen LogP contribution in [0.25, 0.3) is 0 Å². The zero-order valence-electron chi connectivity index (χ0n) is 13.8. The molecule has 1 heterocycles. The topological polar surface area (TPSA) is 146 Å². The molecule has 9 nitrogen and oxygen atoms in total. The SMILES string of the molecule is COC(=O)c1cc(C)c(O[C@@H]2O[C@H](CO)[C@@H](O)[C@H](O)[C@H]2O)c(CO)c1. The van der Waals surface area contributed by atoms with Crippen LogP contribution >= 0.6 is 0 Å². The van der Waals surface area contributed by atoms with Crippen LogP contribution in [0.3, 0.4) is 0 Å². The molecule has 0 aromatic heterocycles. The van der Waals surface area contributed by atoms with Crippen molar-refractivity contribution in [2.24, 2.45) is 0 Å². The molecule has 0 bridgehead atoms. The molecule has 140 valence electrons. The molecule has 2 rings (SSSR count). The molecule has 5 N–H and O–H groups in total. The fraction of sp³-hybridized carbons (Fsp3) is 0.562. The molecular weight excluding hydrogens is 336 g/mol. The minimum atomic E-state index is -1.58. The zero-order valence-corrected chi connectivity index (χ0v) is 13.8. The van der Waals surface area contributed by atoms with E-state index in [9.17, 15) is 30.3 Å². The molecule has 9 heteroatoms. The van der Waals surface area contributed by atoms with Crippen LogP contribution in [-0.4, -0.2) is 75.9 Å². The zero-order chi connectivity index (χ0) is 18.7. The van der Waals surface area contributed by atoms with Crippen LogP contribution in [0.5, 0.6) is 5.75 Å². The first-order chi connectivity index (χ1) is 11.8. The van der Waals surface area contributed by atoms with Crippen molar-refractivity contribution in [1.29, 1.82) is 0 Å². The second-order valence-corrected chi connectivity index (χ2v) is 5.75. The molecule has 0 radical (unpaired) electrons. The molecule has 1 saturated heterocycles. The predicted octanol–water partition coefficient (Wildman–Crippen LogP) is -1.55. The third-order valence-electron chi connectivity index (χ3n) is 4.03. The molecule has 0 amide bonds. The first-order valence-electron chi connectivity index (χ1n) is 7.63. The number of hydrogen-bond acceptors (Lipinski definition) is 9. The number of methoxy groups -OCH3 is 1. The summed E-state index contributed by atoms with van der Waals surface area (Å²) in [6.45, 7) is 0.571. The number of aryl methyl sites for hydroxylation is 1. The second kappa shape index (κ2) is 8.09. The molecule has 0 aliphatic carbocycles. The van der Waals surface area contributed by atoms with E-state index in [-0.39, 0.29) is 16.9 Å². The van der Waals surface area contributed by atoms with E-state index in [0.29, 0.717) is 5.56 Å². The molecule has 1 aromatic rings. The van der Waals surface area contributed by atoms with E-state index in [4.69, 9.17) is 9.47 Å². The lowest BCUT2D eigenvalue weighted by Crippen LogP contribution is -2.60. The van der Waals surface area contributed by atoms with Gasteiger partial charge in [-0.2, -0.15) is 0 Å². The Morgan fingerprint density at radius 2 is 1.84 bits per heavy atom. The van der Waals surface area contributed by atoms with Crippen molar-refractivity contribution in [1.82, 2.24) is 0 Å². The maximum atomic E-state index is 11.7. The lowest BCUT2D eigenvalue weighted by molar-refractivity contribution is -0.277. The average molecular weight is 358 g/mol. The van der Waals surface area contributed by atoms with Gasteiger partial charge in [0.15, 0.2) is 0 Å². The van der Waals surface area contributed by atoms with Crippen LogP contribution < -0.4 is 4.74 Å². The summed E-state index contributed by atoms with van der Waals surface area (Å²) in [5, 5.41) is 48.4. The molecule has 5 atom stereocenters. The number of hydrogen-bond donors (Lipinski definition) is 5. The Kier molecular flexibility index (Phi) is 6.33. The van der Waals surface area contributed by atoms with Crippen LogP contribution in [0.2, 0.25) is 0 Å². The van der Waals surface area contributed by atoms with Crippen molar-refractivity contribution < 1.29 is 44.5 Å². The summed E-state index contributed by atoms with van der Waals surface area (Å²) in [6.07, 6.45) is -7.16.